The Morgan fingerprint density at radius 2 is 2.33 bits per heavy atom. The van der Waals surface area contributed by atoms with Gasteiger partial charge in [-0.2, -0.15) is 5.10 Å². The lowest BCUT2D eigenvalue weighted by Crippen LogP contribution is -2.08. The number of aromatic nitrogens is 2. The van der Waals surface area contributed by atoms with Gasteiger partial charge in [-0.25, -0.2) is 4.79 Å². The SMILES string of the molecule is CCn1nc(C)c(Cl)c1C(=O)O. The van der Waals surface area contributed by atoms with Crippen molar-refractivity contribution in [3.05, 3.63) is 16.4 Å². The normalized spacial score (nSPS) is 10.2. The van der Waals surface area contributed by atoms with Crippen molar-refractivity contribution in [2.45, 2.75) is 20.4 Å². The molecule has 12 heavy (non-hydrogen) atoms. The first-order valence-corrected chi connectivity index (χ1v) is 3.92. The smallest absolute Gasteiger partial charge is 0.355 e. The van der Waals surface area contributed by atoms with Crippen LogP contribution in [0.25, 0.3) is 0 Å². The number of aromatic carboxylic acids is 1. The minimum Gasteiger partial charge on any atom is -0.476 e. The molecule has 0 aromatic carbocycles. The van der Waals surface area contributed by atoms with E-state index in [1.54, 1.807) is 6.92 Å². The van der Waals surface area contributed by atoms with Gasteiger partial charge < -0.3 is 5.11 Å². The van der Waals surface area contributed by atoms with Crippen LogP contribution in [0.15, 0.2) is 0 Å². The van der Waals surface area contributed by atoms with E-state index in [-0.39, 0.29) is 10.7 Å². The zero-order valence-electron chi connectivity index (χ0n) is 6.83. The molecule has 4 nitrogen and oxygen atoms in total. The van der Waals surface area contributed by atoms with Gasteiger partial charge in [0.2, 0.25) is 0 Å². The van der Waals surface area contributed by atoms with Crippen LogP contribution in [0.5, 0.6) is 0 Å². The second-order valence-electron chi connectivity index (χ2n) is 2.37. The number of rotatable bonds is 2. The lowest BCUT2D eigenvalue weighted by Gasteiger charge is -1.97. The quantitative estimate of drug-likeness (QED) is 0.767. The van der Waals surface area contributed by atoms with Gasteiger partial charge in [0.15, 0.2) is 5.69 Å². The summed E-state index contributed by atoms with van der Waals surface area (Å²) in [5, 5.41) is 12.9. The van der Waals surface area contributed by atoms with Gasteiger partial charge in [0.05, 0.1) is 10.7 Å². The van der Waals surface area contributed by atoms with Gasteiger partial charge in [-0.05, 0) is 13.8 Å². The lowest BCUT2D eigenvalue weighted by atomic mass is 10.3. The van der Waals surface area contributed by atoms with Crippen molar-refractivity contribution in [2.75, 3.05) is 0 Å². The Hall–Kier alpha value is -1.03. The summed E-state index contributed by atoms with van der Waals surface area (Å²) in [6.45, 7) is 4.01. The number of hydrogen-bond acceptors (Lipinski definition) is 2. The monoisotopic (exact) mass is 188 g/mol. The fourth-order valence-corrected chi connectivity index (χ4v) is 1.21. The number of hydrogen-bond donors (Lipinski definition) is 1. The fraction of sp³-hybridized carbons (Fsp3) is 0.429. The van der Waals surface area contributed by atoms with Gasteiger partial charge in [0.25, 0.3) is 0 Å². The summed E-state index contributed by atoms with van der Waals surface area (Å²) in [4.78, 5) is 10.7. The third-order valence-corrected chi connectivity index (χ3v) is 2.01. The van der Waals surface area contributed by atoms with Crippen LogP contribution in [0, 0.1) is 6.92 Å². The Balaban J connectivity index is 3.31. The molecule has 5 heteroatoms. The van der Waals surface area contributed by atoms with E-state index in [1.165, 1.54) is 4.68 Å². The molecule has 0 aliphatic carbocycles. The van der Waals surface area contributed by atoms with Crippen LogP contribution in [0.3, 0.4) is 0 Å². The molecular formula is C7H9ClN2O2. The van der Waals surface area contributed by atoms with Crippen molar-refractivity contribution < 1.29 is 9.90 Å². The van der Waals surface area contributed by atoms with Crippen LogP contribution in [-0.4, -0.2) is 20.9 Å². The van der Waals surface area contributed by atoms with Crippen molar-refractivity contribution >= 4 is 17.6 Å². The molecule has 0 atom stereocenters. The zero-order chi connectivity index (χ0) is 9.30. The molecule has 0 saturated heterocycles. The van der Waals surface area contributed by atoms with E-state index in [0.717, 1.165) is 0 Å². The number of carboxylic acid groups (broad SMARTS) is 1. The second kappa shape index (κ2) is 3.15. The highest BCUT2D eigenvalue weighted by Gasteiger charge is 2.18. The van der Waals surface area contributed by atoms with Crippen molar-refractivity contribution in [1.82, 2.24) is 9.78 Å². The predicted octanol–water partition coefficient (Wildman–Crippen LogP) is 1.56. The molecule has 0 bridgehead atoms. The number of nitrogens with zero attached hydrogens (tertiary/aromatic N) is 2. The minimum atomic E-state index is -1.04. The number of carboxylic acids is 1. The molecule has 66 valence electrons. The maximum Gasteiger partial charge on any atom is 0.355 e. The van der Waals surface area contributed by atoms with E-state index in [4.69, 9.17) is 16.7 Å². The van der Waals surface area contributed by atoms with Gasteiger partial charge >= 0.3 is 5.97 Å². The van der Waals surface area contributed by atoms with E-state index >= 15 is 0 Å². The molecule has 1 N–H and O–H groups in total. The Morgan fingerprint density at radius 1 is 1.75 bits per heavy atom. The van der Waals surface area contributed by atoms with E-state index in [1.807, 2.05) is 6.92 Å². The van der Waals surface area contributed by atoms with Gasteiger partial charge in [-0.1, -0.05) is 11.6 Å². The third kappa shape index (κ3) is 1.30. The van der Waals surface area contributed by atoms with Crippen molar-refractivity contribution in [2.24, 2.45) is 0 Å². The number of aryl methyl sites for hydroxylation is 2. The molecule has 1 aromatic heterocycles. The summed E-state index contributed by atoms with van der Waals surface area (Å²) in [6.07, 6.45) is 0. The average Bonchev–Trinajstić information content (AvgIpc) is 2.28. The maximum absolute atomic E-state index is 10.7. The first kappa shape index (κ1) is 9.06. The molecule has 0 aliphatic rings. The molecule has 0 radical (unpaired) electrons. The third-order valence-electron chi connectivity index (χ3n) is 1.56. The minimum absolute atomic E-state index is 0.0664. The van der Waals surface area contributed by atoms with Crippen molar-refractivity contribution in [1.29, 1.82) is 0 Å². The summed E-state index contributed by atoms with van der Waals surface area (Å²) in [7, 11) is 0. The fourth-order valence-electron chi connectivity index (χ4n) is 0.993. The molecule has 0 amide bonds. The Kier molecular flexibility index (Phi) is 2.38. The van der Waals surface area contributed by atoms with E-state index < -0.39 is 5.97 Å². The average molecular weight is 189 g/mol. The summed E-state index contributed by atoms with van der Waals surface area (Å²) < 4.78 is 1.38. The highest BCUT2D eigenvalue weighted by Crippen LogP contribution is 2.19. The Labute approximate surface area is 74.8 Å². The van der Waals surface area contributed by atoms with Crippen molar-refractivity contribution in [3.8, 4) is 0 Å². The van der Waals surface area contributed by atoms with Crippen LogP contribution in [0.1, 0.15) is 23.1 Å². The van der Waals surface area contributed by atoms with E-state index in [2.05, 4.69) is 5.10 Å². The van der Waals surface area contributed by atoms with Gasteiger partial charge in [0, 0.05) is 6.54 Å². The molecule has 1 rings (SSSR count). The Bertz CT molecular complexity index is 319. The molecule has 1 heterocycles. The Morgan fingerprint density at radius 3 is 2.67 bits per heavy atom. The van der Waals surface area contributed by atoms with Crippen LogP contribution in [-0.2, 0) is 6.54 Å². The molecular weight excluding hydrogens is 180 g/mol. The summed E-state index contributed by atoms with van der Waals surface area (Å²) in [6, 6.07) is 0. The summed E-state index contributed by atoms with van der Waals surface area (Å²) in [5.41, 5.74) is 0.618. The van der Waals surface area contributed by atoms with Crippen LogP contribution < -0.4 is 0 Å². The largest absolute Gasteiger partial charge is 0.476 e. The summed E-state index contributed by atoms with van der Waals surface area (Å²) >= 11 is 5.72. The lowest BCUT2D eigenvalue weighted by molar-refractivity contribution is 0.0683. The zero-order valence-corrected chi connectivity index (χ0v) is 7.59. The predicted molar refractivity (Wildman–Crippen MR) is 44.6 cm³/mol. The van der Waals surface area contributed by atoms with Gasteiger partial charge in [0.1, 0.15) is 0 Å². The molecule has 0 fully saturated rings. The number of halogens is 1. The van der Waals surface area contributed by atoms with Gasteiger partial charge in [-0.15, -0.1) is 0 Å². The van der Waals surface area contributed by atoms with E-state index in [9.17, 15) is 4.79 Å². The van der Waals surface area contributed by atoms with Crippen molar-refractivity contribution in [3.63, 3.8) is 0 Å². The van der Waals surface area contributed by atoms with Gasteiger partial charge in [-0.3, -0.25) is 4.68 Å². The van der Waals surface area contributed by atoms with Crippen LogP contribution >= 0.6 is 11.6 Å². The highest BCUT2D eigenvalue weighted by molar-refractivity contribution is 6.33. The molecule has 0 saturated carbocycles. The second-order valence-corrected chi connectivity index (χ2v) is 2.75. The summed E-state index contributed by atoms with van der Waals surface area (Å²) in [5.74, 6) is -1.04. The first-order valence-electron chi connectivity index (χ1n) is 3.54. The molecule has 0 spiro atoms. The standard InChI is InChI=1S/C7H9ClN2O2/c1-3-10-6(7(11)12)5(8)4(2)9-10/h3H2,1-2H3,(H,11,12). The van der Waals surface area contributed by atoms with Crippen LogP contribution in [0.4, 0.5) is 0 Å². The molecule has 0 unspecified atom stereocenters. The maximum atomic E-state index is 10.7. The molecule has 0 aliphatic heterocycles. The van der Waals surface area contributed by atoms with Crippen LogP contribution in [0.2, 0.25) is 5.02 Å². The highest BCUT2D eigenvalue weighted by atomic mass is 35.5. The topological polar surface area (TPSA) is 55.1 Å². The first-order chi connectivity index (χ1) is 5.57. The number of carbonyl (C=O) groups is 1. The van der Waals surface area contributed by atoms with E-state index in [0.29, 0.717) is 12.2 Å². The molecule has 1 aromatic rings.